The Hall–Kier alpha value is -3.64. The number of fused-ring (bicyclic) bond motifs is 1. The number of hydrogen-bond donors (Lipinski definition) is 2. The Morgan fingerprint density at radius 3 is 2.52 bits per heavy atom. The van der Waals surface area contributed by atoms with Crippen molar-refractivity contribution < 1.29 is 9.59 Å². The number of nitrogens with one attached hydrogen (secondary N) is 2. The molecule has 156 valence electrons. The van der Waals surface area contributed by atoms with Gasteiger partial charge < -0.3 is 15.2 Å². The minimum Gasteiger partial charge on any atom is -0.342 e. The first-order valence-corrected chi connectivity index (χ1v) is 10.3. The molecule has 0 aliphatic heterocycles. The van der Waals surface area contributed by atoms with E-state index in [-0.39, 0.29) is 18.4 Å². The van der Waals surface area contributed by atoms with Crippen molar-refractivity contribution in [3.05, 3.63) is 95.3 Å². The number of anilines is 1. The number of halogens is 1. The molecule has 3 aromatic carbocycles. The van der Waals surface area contributed by atoms with Gasteiger partial charge >= 0.3 is 0 Å². The van der Waals surface area contributed by atoms with Crippen molar-refractivity contribution in [2.24, 2.45) is 0 Å². The molecule has 0 bridgehead atoms. The summed E-state index contributed by atoms with van der Waals surface area (Å²) in [5.74, 6) is 0.190. The zero-order chi connectivity index (χ0) is 21.8. The Balaban J connectivity index is 1.59. The third-order valence-corrected chi connectivity index (χ3v) is 5.10. The third kappa shape index (κ3) is 4.75. The molecule has 0 fully saturated rings. The fourth-order valence-electron chi connectivity index (χ4n) is 3.44. The Morgan fingerprint density at radius 2 is 1.74 bits per heavy atom. The maximum absolute atomic E-state index is 12.8. The highest BCUT2D eigenvalue weighted by atomic mass is 35.5. The predicted octanol–water partition coefficient (Wildman–Crippen LogP) is 4.82. The fourth-order valence-corrected chi connectivity index (χ4v) is 3.63. The van der Waals surface area contributed by atoms with Crippen molar-refractivity contribution in [3.8, 4) is 0 Å². The monoisotopic (exact) mass is 432 g/mol. The van der Waals surface area contributed by atoms with Crippen molar-refractivity contribution in [1.82, 2.24) is 14.9 Å². The number of imidazole rings is 1. The summed E-state index contributed by atoms with van der Waals surface area (Å²) in [7, 11) is 0. The Bertz CT molecular complexity index is 1240. The van der Waals surface area contributed by atoms with Crippen LogP contribution in [0.4, 0.5) is 5.69 Å². The highest BCUT2D eigenvalue weighted by Gasteiger charge is 2.20. The van der Waals surface area contributed by atoms with Gasteiger partial charge in [-0.25, -0.2) is 4.98 Å². The van der Waals surface area contributed by atoms with Gasteiger partial charge in [-0.05, 0) is 49.4 Å². The van der Waals surface area contributed by atoms with Gasteiger partial charge in [-0.2, -0.15) is 0 Å². The number of benzene rings is 3. The molecular weight excluding hydrogens is 412 g/mol. The standard InChI is InChI=1S/C24H21ClN4O2/c1-16(26-24(31)17-8-3-2-4-9-17)23-28-20-12-5-6-13-21(20)29(23)15-22(30)27-19-11-7-10-18(25)14-19/h2-14,16H,15H2,1H3,(H,26,31)(H,27,30). The van der Waals surface area contributed by atoms with Crippen LogP contribution in [-0.4, -0.2) is 21.4 Å². The summed E-state index contributed by atoms with van der Waals surface area (Å²) in [4.78, 5) is 30.1. The molecule has 1 unspecified atom stereocenters. The van der Waals surface area contributed by atoms with E-state index in [1.165, 1.54) is 0 Å². The van der Waals surface area contributed by atoms with Crippen LogP contribution in [0, 0.1) is 0 Å². The quantitative estimate of drug-likeness (QED) is 0.458. The van der Waals surface area contributed by atoms with Crippen molar-refractivity contribution in [1.29, 1.82) is 0 Å². The predicted molar refractivity (Wildman–Crippen MR) is 122 cm³/mol. The lowest BCUT2D eigenvalue weighted by atomic mass is 10.2. The number of nitrogens with zero attached hydrogens (tertiary/aromatic N) is 2. The number of carbonyl (C=O) groups is 2. The number of carbonyl (C=O) groups excluding carboxylic acids is 2. The van der Waals surface area contributed by atoms with E-state index in [4.69, 9.17) is 11.6 Å². The van der Waals surface area contributed by atoms with E-state index in [2.05, 4.69) is 15.6 Å². The van der Waals surface area contributed by atoms with Gasteiger partial charge in [0.25, 0.3) is 5.91 Å². The molecule has 6 nitrogen and oxygen atoms in total. The van der Waals surface area contributed by atoms with Crippen LogP contribution in [0.3, 0.4) is 0 Å². The summed E-state index contributed by atoms with van der Waals surface area (Å²) in [6.45, 7) is 1.90. The molecule has 31 heavy (non-hydrogen) atoms. The second-order valence-electron chi connectivity index (χ2n) is 7.16. The normalized spacial score (nSPS) is 11.8. The summed E-state index contributed by atoms with van der Waals surface area (Å²) in [5.41, 5.74) is 2.76. The first kappa shape index (κ1) is 20.6. The van der Waals surface area contributed by atoms with Gasteiger partial charge in [0.1, 0.15) is 12.4 Å². The van der Waals surface area contributed by atoms with E-state index in [0.29, 0.717) is 22.1 Å². The lowest BCUT2D eigenvalue weighted by Gasteiger charge is -2.16. The molecule has 0 saturated heterocycles. The van der Waals surface area contributed by atoms with Crippen LogP contribution in [-0.2, 0) is 11.3 Å². The molecule has 0 spiro atoms. The zero-order valence-electron chi connectivity index (χ0n) is 16.9. The van der Waals surface area contributed by atoms with E-state index < -0.39 is 6.04 Å². The number of para-hydroxylation sites is 2. The van der Waals surface area contributed by atoms with E-state index in [1.54, 1.807) is 36.4 Å². The number of hydrogen-bond acceptors (Lipinski definition) is 3. The topological polar surface area (TPSA) is 76.0 Å². The van der Waals surface area contributed by atoms with Gasteiger partial charge in [0, 0.05) is 16.3 Å². The van der Waals surface area contributed by atoms with Crippen LogP contribution in [0.5, 0.6) is 0 Å². The molecule has 0 aliphatic rings. The van der Waals surface area contributed by atoms with Crippen molar-refractivity contribution >= 4 is 40.1 Å². The molecule has 7 heteroatoms. The molecule has 0 radical (unpaired) electrons. The van der Waals surface area contributed by atoms with Crippen LogP contribution < -0.4 is 10.6 Å². The van der Waals surface area contributed by atoms with Crippen LogP contribution in [0.25, 0.3) is 11.0 Å². The summed E-state index contributed by atoms with van der Waals surface area (Å²) in [6, 6.07) is 23.2. The van der Waals surface area contributed by atoms with Crippen molar-refractivity contribution in [2.45, 2.75) is 19.5 Å². The van der Waals surface area contributed by atoms with E-state index in [9.17, 15) is 9.59 Å². The largest absolute Gasteiger partial charge is 0.342 e. The Kier molecular flexibility index (Phi) is 6.00. The minimum absolute atomic E-state index is 0.0495. The fraction of sp³-hybridized carbons (Fsp3) is 0.125. The molecule has 0 saturated carbocycles. The first-order valence-electron chi connectivity index (χ1n) is 9.88. The van der Waals surface area contributed by atoms with Crippen LogP contribution in [0.2, 0.25) is 5.02 Å². The van der Waals surface area contributed by atoms with Gasteiger partial charge in [-0.3, -0.25) is 9.59 Å². The average molecular weight is 433 g/mol. The van der Waals surface area contributed by atoms with Crippen LogP contribution >= 0.6 is 11.6 Å². The molecule has 1 heterocycles. The second kappa shape index (κ2) is 9.02. The molecule has 1 aromatic heterocycles. The highest BCUT2D eigenvalue weighted by molar-refractivity contribution is 6.30. The smallest absolute Gasteiger partial charge is 0.251 e. The van der Waals surface area contributed by atoms with E-state index in [1.807, 2.05) is 54.0 Å². The molecule has 2 amide bonds. The van der Waals surface area contributed by atoms with Crippen molar-refractivity contribution in [2.75, 3.05) is 5.32 Å². The van der Waals surface area contributed by atoms with E-state index in [0.717, 1.165) is 11.0 Å². The van der Waals surface area contributed by atoms with Gasteiger partial charge in [-0.15, -0.1) is 0 Å². The maximum atomic E-state index is 12.8. The van der Waals surface area contributed by atoms with Crippen LogP contribution in [0.1, 0.15) is 29.1 Å². The molecular formula is C24H21ClN4O2. The van der Waals surface area contributed by atoms with Gasteiger partial charge in [-0.1, -0.05) is 48.0 Å². The van der Waals surface area contributed by atoms with Crippen molar-refractivity contribution in [3.63, 3.8) is 0 Å². The lowest BCUT2D eigenvalue weighted by Crippen LogP contribution is -2.30. The van der Waals surface area contributed by atoms with Gasteiger partial charge in [0.05, 0.1) is 17.1 Å². The lowest BCUT2D eigenvalue weighted by molar-refractivity contribution is -0.116. The average Bonchev–Trinajstić information content (AvgIpc) is 3.13. The minimum atomic E-state index is -0.404. The number of amides is 2. The van der Waals surface area contributed by atoms with Gasteiger partial charge in [0.15, 0.2) is 0 Å². The summed E-state index contributed by atoms with van der Waals surface area (Å²) >= 11 is 6.01. The summed E-state index contributed by atoms with van der Waals surface area (Å²) in [6.07, 6.45) is 0. The SMILES string of the molecule is CC(NC(=O)c1ccccc1)c1nc2ccccc2n1CC(=O)Nc1cccc(Cl)c1. The first-order chi connectivity index (χ1) is 15.0. The number of aromatic nitrogens is 2. The molecule has 2 N–H and O–H groups in total. The zero-order valence-corrected chi connectivity index (χ0v) is 17.6. The Morgan fingerprint density at radius 1 is 1.00 bits per heavy atom. The Labute approximate surface area is 184 Å². The van der Waals surface area contributed by atoms with Crippen LogP contribution in [0.15, 0.2) is 78.9 Å². The second-order valence-corrected chi connectivity index (χ2v) is 7.60. The summed E-state index contributed by atoms with van der Waals surface area (Å²) < 4.78 is 1.82. The summed E-state index contributed by atoms with van der Waals surface area (Å²) in [5, 5.41) is 6.38. The molecule has 1 atom stereocenters. The maximum Gasteiger partial charge on any atom is 0.251 e. The molecule has 4 aromatic rings. The molecule has 0 aliphatic carbocycles. The third-order valence-electron chi connectivity index (χ3n) is 4.87. The number of rotatable bonds is 6. The van der Waals surface area contributed by atoms with E-state index >= 15 is 0 Å². The highest BCUT2D eigenvalue weighted by Crippen LogP contribution is 2.22. The van der Waals surface area contributed by atoms with Gasteiger partial charge in [0.2, 0.25) is 5.91 Å². The molecule has 4 rings (SSSR count).